The van der Waals surface area contributed by atoms with Gasteiger partial charge in [0, 0.05) is 24.3 Å². The third-order valence-electron chi connectivity index (χ3n) is 3.62. The normalized spacial score (nSPS) is 20.6. The molecule has 0 aromatic carbocycles. The number of carbonyl (C=O) groups is 1. The van der Waals surface area contributed by atoms with E-state index >= 15 is 0 Å². The molecule has 1 unspecified atom stereocenters. The Hall–Kier alpha value is -0.0500. The van der Waals surface area contributed by atoms with Gasteiger partial charge in [0.2, 0.25) is 5.91 Å². The number of alkyl halides is 1. The third kappa shape index (κ3) is 5.41. The van der Waals surface area contributed by atoms with E-state index in [0.717, 1.165) is 24.7 Å². The van der Waals surface area contributed by atoms with E-state index in [4.69, 9.17) is 0 Å². The van der Waals surface area contributed by atoms with Crippen LogP contribution in [0.3, 0.4) is 0 Å². The summed E-state index contributed by atoms with van der Waals surface area (Å²) in [5.41, 5.74) is 0. The summed E-state index contributed by atoms with van der Waals surface area (Å²) in [5, 5.41) is 0.939. The molecule has 3 heteroatoms. The number of unbranched alkanes of at least 4 members (excludes halogenated alkanes) is 4. The van der Waals surface area contributed by atoms with Gasteiger partial charge in [0.25, 0.3) is 0 Å². The smallest absolute Gasteiger partial charge is 0.222 e. The van der Waals surface area contributed by atoms with E-state index in [1.165, 1.54) is 44.9 Å². The molecular weight excluding hydrogens is 278 g/mol. The molecule has 0 bridgehead atoms. The standard InChI is InChI=1S/C14H26BrNO/c1-2-3-4-5-6-10-14(17)16-11-8-7-9-13(16)12-15/h13H,2-12H2,1H3. The van der Waals surface area contributed by atoms with Crippen LogP contribution in [0.5, 0.6) is 0 Å². The van der Waals surface area contributed by atoms with Crippen molar-refractivity contribution in [3.63, 3.8) is 0 Å². The fourth-order valence-corrected chi connectivity index (χ4v) is 3.19. The number of hydrogen-bond acceptors (Lipinski definition) is 1. The van der Waals surface area contributed by atoms with Crippen LogP contribution in [0.25, 0.3) is 0 Å². The fraction of sp³-hybridized carbons (Fsp3) is 0.929. The zero-order chi connectivity index (χ0) is 12.5. The second-order valence-electron chi connectivity index (χ2n) is 5.06. The summed E-state index contributed by atoms with van der Waals surface area (Å²) in [6.07, 6.45) is 10.5. The highest BCUT2D eigenvalue weighted by Gasteiger charge is 2.24. The molecule has 1 rings (SSSR count). The van der Waals surface area contributed by atoms with E-state index < -0.39 is 0 Å². The van der Waals surface area contributed by atoms with Gasteiger partial charge in [0.05, 0.1) is 0 Å². The molecule has 0 aromatic rings. The average molecular weight is 304 g/mol. The maximum absolute atomic E-state index is 12.1. The summed E-state index contributed by atoms with van der Waals surface area (Å²) >= 11 is 3.53. The Bertz CT molecular complexity index is 220. The maximum atomic E-state index is 12.1. The second-order valence-corrected chi connectivity index (χ2v) is 5.70. The molecule has 0 aliphatic carbocycles. The van der Waals surface area contributed by atoms with E-state index in [-0.39, 0.29) is 0 Å². The Morgan fingerprint density at radius 1 is 1.24 bits per heavy atom. The van der Waals surface area contributed by atoms with Gasteiger partial charge < -0.3 is 4.90 Å². The number of hydrogen-bond donors (Lipinski definition) is 0. The van der Waals surface area contributed by atoms with Crippen LogP contribution in [0.15, 0.2) is 0 Å². The molecule has 1 amide bonds. The molecule has 1 saturated heterocycles. The SMILES string of the molecule is CCCCCCCC(=O)N1CCCCC1CBr. The lowest BCUT2D eigenvalue weighted by Gasteiger charge is -2.34. The van der Waals surface area contributed by atoms with Gasteiger partial charge >= 0.3 is 0 Å². The summed E-state index contributed by atoms with van der Waals surface area (Å²) in [6, 6.07) is 0.451. The number of nitrogens with zero attached hydrogens (tertiary/aromatic N) is 1. The van der Waals surface area contributed by atoms with E-state index in [9.17, 15) is 4.79 Å². The van der Waals surface area contributed by atoms with E-state index in [2.05, 4.69) is 27.8 Å². The van der Waals surface area contributed by atoms with Crippen LogP contribution in [0.2, 0.25) is 0 Å². The number of rotatable bonds is 7. The van der Waals surface area contributed by atoms with Crippen molar-refractivity contribution in [2.45, 2.75) is 70.8 Å². The van der Waals surface area contributed by atoms with Crippen LogP contribution < -0.4 is 0 Å². The Kier molecular flexibility index (Phi) is 7.91. The molecule has 0 saturated carbocycles. The Morgan fingerprint density at radius 3 is 2.71 bits per heavy atom. The Labute approximate surface area is 114 Å². The Morgan fingerprint density at radius 2 is 2.00 bits per heavy atom. The van der Waals surface area contributed by atoms with Crippen LogP contribution >= 0.6 is 15.9 Å². The summed E-state index contributed by atoms with van der Waals surface area (Å²) in [7, 11) is 0. The van der Waals surface area contributed by atoms with Crippen LogP contribution in [0, 0.1) is 0 Å². The van der Waals surface area contributed by atoms with Crippen molar-refractivity contribution in [1.82, 2.24) is 4.90 Å². The van der Waals surface area contributed by atoms with Crippen molar-refractivity contribution in [2.24, 2.45) is 0 Å². The quantitative estimate of drug-likeness (QED) is 0.512. The van der Waals surface area contributed by atoms with Gasteiger partial charge in [-0.3, -0.25) is 4.79 Å². The summed E-state index contributed by atoms with van der Waals surface area (Å²) in [4.78, 5) is 14.2. The van der Waals surface area contributed by atoms with Crippen molar-refractivity contribution in [3.05, 3.63) is 0 Å². The monoisotopic (exact) mass is 303 g/mol. The number of likely N-dealkylation sites (tertiary alicyclic amines) is 1. The minimum absolute atomic E-state index is 0.380. The first kappa shape index (κ1) is 15.0. The number of amides is 1. The number of carbonyl (C=O) groups excluding carboxylic acids is 1. The highest BCUT2D eigenvalue weighted by Crippen LogP contribution is 2.20. The van der Waals surface area contributed by atoms with Gasteiger partial charge in [-0.25, -0.2) is 0 Å². The van der Waals surface area contributed by atoms with Crippen LogP contribution in [0.4, 0.5) is 0 Å². The molecule has 0 aromatic heterocycles. The van der Waals surface area contributed by atoms with E-state index in [1.807, 2.05) is 0 Å². The van der Waals surface area contributed by atoms with Gasteiger partial charge in [-0.1, -0.05) is 48.5 Å². The zero-order valence-corrected chi connectivity index (χ0v) is 12.7. The van der Waals surface area contributed by atoms with Crippen LogP contribution in [0.1, 0.15) is 64.7 Å². The lowest BCUT2D eigenvalue weighted by Crippen LogP contribution is -2.44. The number of halogens is 1. The van der Waals surface area contributed by atoms with Crippen LogP contribution in [-0.4, -0.2) is 28.7 Å². The zero-order valence-electron chi connectivity index (χ0n) is 11.1. The lowest BCUT2D eigenvalue weighted by molar-refractivity contribution is -0.134. The maximum Gasteiger partial charge on any atom is 0.222 e. The molecule has 1 aliphatic heterocycles. The first-order valence-electron chi connectivity index (χ1n) is 7.15. The highest BCUT2D eigenvalue weighted by atomic mass is 79.9. The highest BCUT2D eigenvalue weighted by molar-refractivity contribution is 9.09. The van der Waals surface area contributed by atoms with Gasteiger partial charge in [-0.2, -0.15) is 0 Å². The largest absolute Gasteiger partial charge is 0.339 e. The second kappa shape index (κ2) is 8.96. The molecule has 0 N–H and O–H groups in total. The predicted molar refractivity (Wildman–Crippen MR) is 76.5 cm³/mol. The fourth-order valence-electron chi connectivity index (χ4n) is 2.51. The molecule has 17 heavy (non-hydrogen) atoms. The molecule has 1 fully saturated rings. The van der Waals surface area contributed by atoms with Crippen molar-refractivity contribution in [2.75, 3.05) is 11.9 Å². The first-order chi connectivity index (χ1) is 8.29. The van der Waals surface area contributed by atoms with Gasteiger partial charge in [-0.05, 0) is 25.7 Å². The summed E-state index contributed by atoms with van der Waals surface area (Å²) in [5.74, 6) is 0.380. The predicted octanol–water partition coefficient (Wildman–Crippen LogP) is 4.12. The summed E-state index contributed by atoms with van der Waals surface area (Å²) < 4.78 is 0. The van der Waals surface area contributed by atoms with Gasteiger partial charge in [-0.15, -0.1) is 0 Å². The molecule has 100 valence electrons. The molecule has 2 nitrogen and oxygen atoms in total. The topological polar surface area (TPSA) is 20.3 Å². The lowest BCUT2D eigenvalue weighted by atomic mass is 10.0. The molecular formula is C14H26BrNO. The first-order valence-corrected chi connectivity index (χ1v) is 8.27. The minimum atomic E-state index is 0.380. The van der Waals surface area contributed by atoms with Crippen molar-refractivity contribution < 1.29 is 4.79 Å². The Balaban J connectivity index is 2.20. The van der Waals surface area contributed by atoms with Crippen LogP contribution in [-0.2, 0) is 4.79 Å². The van der Waals surface area contributed by atoms with Gasteiger partial charge in [0.15, 0.2) is 0 Å². The minimum Gasteiger partial charge on any atom is -0.339 e. The van der Waals surface area contributed by atoms with Crippen molar-refractivity contribution in [1.29, 1.82) is 0 Å². The average Bonchev–Trinajstić information content (AvgIpc) is 2.38. The molecule has 0 radical (unpaired) electrons. The molecule has 1 atom stereocenters. The van der Waals surface area contributed by atoms with Crippen molar-refractivity contribution in [3.8, 4) is 0 Å². The summed E-state index contributed by atoms with van der Waals surface area (Å²) in [6.45, 7) is 3.20. The molecule has 1 aliphatic rings. The third-order valence-corrected chi connectivity index (χ3v) is 4.37. The number of piperidine rings is 1. The van der Waals surface area contributed by atoms with E-state index in [0.29, 0.717) is 11.9 Å². The molecule has 1 heterocycles. The van der Waals surface area contributed by atoms with E-state index in [1.54, 1.807) is 0 Å². The molecule has 0 spiro atoms. The van der Waals surface area contributed by atoms with Gasteiger partial charge in [0.1, 0.15) is 0 Å². The van der Waals surface area contributed by atoms with Crippen molar-refractivity contribution >= 4 is 21.8 Å².